The van der Waals surface area contributed by atoms with Crippen LogP contribution >= 0.6 is 15.9 Å². The van der Waals surface area contributed by atoms with E-state index >= 15 is 0 Å². The average Bonchev–Trinajstić information content (AvgIpc) is 2.92. The lowest BCUT2D eigenvalue weighted by molar-refractivity contribution is 0.216. The van der Waals surface area contributed by atoms with Gasteiger partial charge in [-0.25, -0.2) is 4.79 Å². The predicted octanol–water partition coefficient (Wildman–Crippen LogP) is 4.83. The highest BCUT2D eigenvalue weighted by molar-refractivity contribution is 9.10. The van der Waals surface area contributed by atoms with Gasteiger partial charge in [-0.05, 0) is 52.0 Å². The molecule has 0 aliphatic carbocycles. The summed E-state index contributed by atoms with van der Waals surface area (Å²) in [6.45, 7) is 4.61. The number of hydrogen-bond acceptors (Lipinski definition) is 2. The number of carbonyl (C=O) groups is 1. The Balaban J connectivity index is 2.11. The Morgan fingerprint density at radius 2 is 1.82 bits per heavy atom. The summed E-state index contributed by atoms with van der Waals surface area (Å²) in [6, 6.07) is 9.69. The first-order valence-corrected chi connectivity index (χ1v) is 8.21. The summed E-state index contributed by atoms with van der Waals surface area (Å²) >= 11 is 3.26. The molecule has 0 spiro atoms. The van der Waals surface area contributed by atoms with Gasteiger partial charge in [0, 0.05) is 12.7 Å². The summed E-state index contributed by atoms with van der Waals surface area (Å²) in [7, 11) is 1.76. The van der Waals surface area contributed by atoms with Crippen LogP contribution in [0.3, 0.4) is 0 Å². The van der Waals surface area contributed by atoms with E-state index in [2.05, 4.69) is 47.2 Å². The molecular weight excluding hydrogens is 344 g/mol. The van der Waals surface area contributed by atoms with E-state index in [1.165, 1.54) is 0 Å². The Morgan fingerprint density at radius 3 is 2.32 bits per heavy atom. The fourth-order valence-electron chi connectivity index (χ4n) is 2.35. The second-order valence-electron chi connectivity index (χ2n) is 5.15. The fourth-order valence-corrected chi connectivity index (χ4v) is 2.69. The number of amides is 2. The zero-order valence-electron chi connectivity index (χ0n) is 13.1. The summed E-state index contributed by atoms with van der Waals surface area (Å²) in [6.07, 6.45) is 1.77. The van der Waals surface area contributed by atoms with Crippen molar-refractivity contribution in [3.8, 4) is 0 Å². The molecule has 0 fully saturated rings. The second kappa shape index (κ2) is 7.49. The molecule has 1 aromatic carbocycles. The third kappa shape index (κ3) is 3.91. The number of para-hydroxylation sites is 1. The number of benzene rings is 1. The van der Waals surface area contributed by atoms with Gasteiger partial charge < -0.3 is 14.6 Å². The minimum absolute atomic E-state index is 0.136. The number of carbonyl (C=O) groups excluding carboxylic acids is 1. The average molecular weight is 365 g/mol. The van der Waals surface area contributed by atoms with Gasteiger partial charge in [0.2, 0.25) is 0 Å². The number of aryl methyl sites for hydroxylation is 2. The van der Waals surface area contributed by atoms with Crippen LogP contribution < -0.4 is 5.32 Å². The lowest BCUT2D eigenvalue weighted by atomic mass is 10.0. The number of furan rings is 1. The van der Waals surface area contributed by atoms with E-state index < -0.39 is 0 Å². The summed E-state index contributed by atoms with van der Waals surface area (Å²) in [5, 5.41) is 3.04. The van der Waals surface area contributed by atoms with E-state index in [0.717, 1.165) is 35.4 Å². The van der Waals surface area contributed by atoms with Crippen LogP contribution in [0.15, 0.2) is 39.4 Å². The second-order valence-corrected chi connectivity index (χ2v) is 5.93. The molecule has 118 valence electrons. The molecule has 0 unspecified atom stereocenters. The number of rotatable bonds is 5. The third-order valence-corrected chi connectivity index (χ3v) is 4.03. The number of anilines is 1. The highest BCUT2D eigenvalue weighted by Crippen LogP contribution is 2.23. The first-order valence-electron chi connectivity index (χ1n) is 7.42. The van der Waals surface area contributed by atoms with E-state index in [4.69, 9.17) is 4.42 Å². The Labute approximate surface area is 139 Å². The van der Waals surface area contributed by atoms with E-state index in [0.29, 0.717) is 11.2 Å². The lowest BCUT2D eigenvalue weighted by Crippen LogP contribution is -2.31. The first kappa shape index (κ1) is 16.6. The van der Waals surface area contributed by atoms with Crippen LogP contribution in [0.4, 0.5) is 10.5 Å². The van der Waals surface area contributed by atoms with Crippen molar-refractivity contribution in [1.82, 2.24) is 4.90 Å². The number of nitrogens with one attached hydrogen (secondary N) is 1. The van der Waals surface area contributed by atoms with Crippen LogP contribution in [0.2, 0.25) is 0 Å². The Hall–Kier alpha value is -1.75. The summed E-state index contributed by atoms with van der Waals surface area (Å²) in [4.78, 5) is 14.0. The van der Waals surface area contributed by atoms with Gasteiger partial charge in [0.1, 0.15) is 5.76 Å². The number of hydrogen-bond donors (Lipinski definition) is 1. The predicted molar refractivity (Wildman–Crippen MR) is 92.1 cm³/mol. The molecule has 2 aromatic rings. The molecular formula is C17H21BrN2O2. The molecule has 1 N–H and O–H groups in total. The zero-order valence-corrected chi connectivity index (χ0v) is 14.7. The van der Waals surface area contributed by atoms with E-state index in [1.54, 1.807) is 11.9 Å². The Morgan fingerprint density at radius 1 is 1.18 bits per heavy atom. The SMILES string of the molecule is CCc1cccc(CC)c1NC(=O)N(C)Cc1ccc(Br)o1. The van der Waals surface area contributed by atoms with Crippen molar-refractivity contribution in [1.29, 1.82) is 0 Å². The minimum atomic E-state index is -0.136. The standard InChI is InChI=1S/C17H21BrN2O2/c1-4-12-7-6-8-13(5-2)16(12)19-17(21)20(3)11-14-9-10-15(18)22-14/h6-10H,4-5,11H2,1-3H3,(H,19,21). The van der Waals surface area contributed by atoms with Crippen molar-refractivity contribution in [3.63, 3.8) is 0 Å². The van der Waals surface area contributed by atoms with Crippen molar-refractivity contribution in [2.24, 2.45) is 0 Å². The summed E-state index contributed by atoms with van der Waals surface area (Å²) in [5.74, 6) is 0.740. The number of nitrogens with zero attached hydrogens (tertiary/aromatic N) is 1. The van der Waals surface area contributed by atoms with Crippen LogP contribution in [0.5, 0.6) is 0 Å². The molecule has 4 nitrogen and oxygen atoms in total. The monoisotopic (exact) mass is 364 g/mol. The zero-order chi connectivity index (χ0) is 16.1. The van der Waals surface area contributed by atoms with Gasteiger partial charge in [0.05, 0.1) is 6.54 Å². The van der Waals surface area contributed by atoms with Gasteiger partial charge in [-0.2, -0.15) is 0 Å². The molecule has 0 aliphatic heterocycles. The minimum Gasteiger partial charge on any atom is -0.452 e. The van der Waals surface area contributed by atoms with Crippen molar-refractivity contribution in [3.05, 3.63) is 51.9 Å². The van der Waals surface area contributed by atoms with Gasteiger partial charge in [-0.3, -0.25) is 0 Å². The van der Waals surface area contributed by atoms with Crippen molar-refractivity contribution < 1.29 is 9.21 Å². The first-order chi connectivity index (χ1) is 10.5. The maximum atomic E-state index is 12.4. The van der Waals surface area contributed by atoms with Gasteiger partial charge in [0.25, 0.3) is 0 Å². The molecule has 0 atom stereocenters. The topological polar surface area (TPSA) is 45.5 Å². The maximum Gasteiger partial charge on any atom is 0.322 e. The largest absolute Gasteiger partial charge is 0.452 e. The van der Waals surface area contributed by atoms with Crippen LogP contribution in [-0.4, -0.2) is 18.0 Å². The highest BCUT2D eigenvalue weighted by atomic mass is 79.9. The number of halogens is 1. The smallest absolute Gasteiger partial charge is 0.322 e. The van der Waals surface area contributed by atoms with Gasteiger partial charge >= 0.3 is 6.03 Å². The van der Waals surface area contributed by atoms with Crippen LogP contribution in [0.25, 0.3) is 0 Å². The van der Waals surface area contributed by atoms with Crippen LogP contribution in [0, 0.1) is 0 Å². The molecule has 0 aliphatic rings. The van der Waals surface area contributed by atoms with Crippen molar-refractivity contribution in [2.45, 2.75) is 33.2 Å². The molecule has 22 heavy (non-hydrogen) atoms. The Kier molecular flexibility index (Phi) is 5.66. The molecule has 0 saturated heterocycles. The van der Waals surface area contributed by atoms with Gasteiger partial charge in [0.15, 0.2) is 4.67 Å². The normalized spacial score (nSPS) is 10.5. The Bertz CT molecular complexity index is 630. The van der Waals surface area contributed by atoms with Crippen molar-refractivity contribution >= 4 is 27.6 Å². The van der Waals surface area contributed by atoms with E-state index in [1.807, 2.05) is 18.2 Å². The molecule has 5 heteroatoms. The van der Waals surface area contributed by atoms with Crippen molar-refractivity contribution in [2.75, 3.05) is 12.4 Å². The molecule has 2 rings (SSSR count). The molecule has 0 saturated carbocycles. The third-order valence-electron chi connectivity index (χ3n) is 3.60. The van der Waals surface area contributed by atoms with Gasteiger partial charge in [-0.1, -0.05) is 32.0 Å². The van der Waals surface area contributed by atoms with Crippen LogP contribution in [0.1, 0.15) is 30.7 Å². The molecule has 2 amide bonds. The summed E-state index contributed by atoms with van der Waals surface area (Å²) < 4.78 is 6.11. The van der Waals surface area contributed by atoms with Gasteiger partial charge in [-0.15, -0.1) is 0 Å². The molecule has 0 radical (unpaired) electrons. The van der Waals surface area contributed by atoms with Crippen LogP contribution in [-0.2, 0) is 19.4 Å². The number of urea groups is 1. The molecule has 1 aromatic heterocycles. The van der Waals surface area contributed by atoms with E-state index in [-0.39, 0.29) is 6.03 Å². The maximum absolute atomic E-state index is 12.4. The summed E-state index contributed by atoms with van der Waals surface area (Å²) in [5.41, 5.74) is 3.24. The molecule has 1 heterocycles. The highest BCUT2D eigenvalue weighted by Gasteiger charge is 2.14. The van der Waals surface area contributed by atoms with E-state index in [9.17, 15) is 4.79 Å². The lowest BCUT2D eigenvalue weighted by Gasteiger charge is -2.20. The quantitative estimate of drug-likeness (QED) is 0.825. The fraction of sp³-hybridized carbons (Fsp3) is 0.353. The molecule has 0 bridgehead atoms.